The van der Waals surface area contributed by atoms with Gasteiger partial charge in [0.1, 0.15) is 18.0 Å². The summed E-state index contributed by atoms with van der Waals surface area (Å²) in [5, 5.41) is 9.24. The van der Waals surface area contributed by atoms with E-state index < -0.39 is 0 Å². The fraction of sp³-hybridized carbons (Fsp3) is 0.250. The Kier molecular flexibility index (Phi) is 5.33. The molecule has 2 amide bonds. The van der Waals surface area contributed by atoms with Gasteiger partial charge in [-0.3, -0.25) is 19.0 Å². The van der Waals surface area contributed by atoms with E-state index in [1.54, 1.807) is 29.8 Å². The van der Waals surface area contributed by atoms with Crippen molar-refractivity contribution in [3.63, 3.8) is 0 Å². The molecule has 0 aliphatic rings. The fourth-order valence-corrected chi connectivity index (χ4v) is 3.62. The standard InChI is InChI=1S/C16H16N4O4S2/c1-9-7-26-16(23)20(9)6-14(22)19-15-18-12(8-25-15)13-4-3-11(24-13)5-17-10(2)21/h3-4,7-8H,5-6H2,1-2H3,(H,17,21)(H,18,19,22). The quantitative estimate of drug-likeness (QED) is 0.669. The van der Waals surface area contributed by atoms with Gasteiger partial charge >= 0.3 is 4.87 Å². The lowest BCUT2D eigenvalue weighted by atomic mass is 10.3. The number of furan rings is 1. The second kappa shape index (κ2) is 7.67. The molecule has 2 N–H and O–H groups in total. The Morgan fingerprint density at radius 2 is 2.08 bits per heavy atom. The van der Waals surface area contributed by atoms with E-state index in [1.165, 1.54) is 22.8 Å². The van der Waals surface area contributed by atoms with Gasteiger partial charge in [-0.05, 0) is 19.1 Å². The average molecular weight is 392 g/mol. The number of aromatic nitrogens is 2. The molecule has 0 atom stereocenters. The van der Waals surface area contributed by atoms with Crippen molar-refractivity contribution in [1.82, 2.24) is 14.9 Å². The van der Waals surface area contributed by atoms with Gasteiger partial charge in [-0.1, -0.05) is 11.3 Å². The van der Waals surface area contributed by atoms with Crippen LogP contribution in [0, 0.1) is 6.92 Å². The summed E-state index contributed by atoms with van der Waals surface area (Å²) in [6.07, 6.45) is 0. The number of carbonyl (C=O) groups excluding carboxylic acids is 2. The third-order valence-corrected chi connectivity index (χ3v) is 5.09. The molecule has 0 spiro atoms. The maximum absolute atomic E-state index is 12.1. The zero-order chi connectivity index (χ0) is 18.7. The molecule has 3 aromatic heterocycles. The smallest absolute Gasteiger partial charge is 0.307 e. The Morgan fingerprint density at radius 1 is 1.27 bits per heavy atom. The normalized spacial score (nSPS) is 10.7. The molecule has 8 nitrogen and oxygen atoms in total. The molecule has 10 heteroatoms. The largest absolute Gasteiger partial charge is 0.458 e. The Labute approximate surface area is 156 Å². The topological polar surface area (TPSA) is 106 Å². The number of nitrogens with one attached hydrogen (secondary N) is 2. The summed E-state index contributed by atoms with van der Waals surface area (Å²) in [5.41, 5.74) is 1.33. The molecule has 0 aromatic carbocycles. The molecule has 136 valence electrons. The lowest BCUT2D eigenvalue weighted by molar-refractivity contribution is -0.119. The van der Waals surface area contributed by atoms with Crippen molar-refractivity contribution in [3.8, 4) is 11.5 Å². The van der Waals surface area contributed by atoms with Crippen LogP contribution in [0.25, 0.3) is 11.5 Å². The molecule has 0 unspecified atom stereocenters. The highest BCUT2D eigenvalue weighted by molar-refractivity contribution is 7.14. The van der Waals surface area contributed by atoms with Crippen LogP contribution in [-0.2, 0) is 22.7 Å². The first kappa shape index (κ1) is 18.1. The second-order valence-corrected chi connectivity index (χ2v) is 7.17. The molecule has 3 aromatic rings. The lowest BCUT2D eigenvalue weighted by Crippen LogP contribution is -2.25. The molecule has 26 heavy (non-hydrogen) atoms. The number of nitrogens with zero attached hydrogens (tertiary/aromatic N) is 2. The van der Waals surface area contributed by atoms with Gasteiger partial charge < -0.3 is 15.1 Å². The van der Waals surface area contributed by atoms with Gasteiger partial charge in [-0.15, -0.1) is 11.3 Å². The Balaban J connectivity index is 1.63. The fourth-order valence-electron chi connectivity index (χ4n) is 2.17. The summed E-state index contributed by atoms with van der Waals surface area (Å²) in [5.74, 6) is 0.704. The Bertz CT molecular complexity index is 998. The monoisotopic (exact) mass is 392 g/mol. The van der Waals surface area contributed by atoms with Crippen LogP contribution in [0.15, 0.2) is 32.1 Å². The minimum atomic E-state index is -0.319. The van der Waals surface area contributed by atoms with E-state index in [2.05, 4.69) is 15.6 Å². The van der Waals surface area contributed by atoms with Crippen molar-refractivity contribution in [1.29, 1.82) is 0 Å². The molecule has 0 radical (unpaired) electrons. The predicted molar refractivity (Wildman–Crippen MR) is 99.3 cm³/mol. The molecule has 0 aliphatic heterocycles. The number of hydrogen-bond acceptors (Lipinski definition) is 7. The van der Waals surface area contributed by atoms with Crippen LogP contribution in [0.1, 0.15) is 18.4 Å². The van der Waals surface area contributed by atoms with Gasteiger partial charge in [-0.25, -0.2) is 4.98 Å². The minimum Gasteiger partial charge on any atom is -0.458 e. The molecule has 3 heterocycles. The molecule has 0 fully saturated rings. The maximum Gasteiger partial charge on any atom is 0.307 e. The van der Waals surface area contributed by atoms with E-state index in [0.717, 1.165) is 17.0 Å². The number of rotatable bonds is 6. The number of thiazole rings is 2. The van der Waals surface area contributed by atoms with Crippen LogP contribution in [0.3, 0.4) is 0 Å². The van der Waals surface area contributed by atoms with Crippen molar-refractivity contribution in [3.05, 3.63) is 44.0 Å². The third kappa shape index (κ3) is 4.27. The van der Waals surface area contributed by atoms with E-state index >= 15 is 0 Å². The molecule has 0 saturated heterocycles. The predicted octanol–water partition coefficient (Wildman–Crippen LogP) is 2.21. The molecular formula is C16H16N4O4S2. The molecule has 0 aliphatic carbocycles. The van der Waals surface area contributed by atoms with Gasteiger partial charge in [0.15, 0.2) is 10.9 Å². The van der Waals surface area contributed by atoms with Crippen LogP contribution in [0.4, 0.5) is 5.13 Å². The van der Waals surface area contributed by atoms with Crippen molar-refractivity contribution in [2.45, 2.75) is 26.9 Å². The first-order valence-electron chi connectivity index (χ1n) is 7.66. The van der Waals surface area contributed by atoms with E-state index in [9.17, 15) is 14.4 Å². The second-order valence-electron chi connectivity index (χ2n) is 5.49. The maximum atomic E-state index is 12.1. The highest BCUT2D eigenvalue weighted by Crippen LogP contribution is 2.26. The Morgan fingerprint density at radius 3 is 2.77 bits per heavy atom. The third-order valence-electron chi connectivity index (χ3n) is 3.45. The van der Waals surface area contributed by atoms with Gasteiger partial charge in [0.05, 0.1) is 6.54 Å². The lowest BCUT2D eigenvalue weighted by Gasteiger charge is -2.03. The van der Waals surface area contributed by atoms with E-state index in [0.29, 0.717) is 28.9 Å². The van der Waals surface area contributed by atoms with Gasteiger partial charge in [-0.2, -0.15) is 0 Å². The number of carbonyl (C=O) groups is 2. The molecule has 0 saturated carbocycles. The molecule has 3 rings (SSSR count). The van der Waals surface area contributed by atoms with E-state index in [4.69, 9.17) is 4.42 Å². The number of amides is 2. The van der Waals surface area contributed by atoms with Crippen LogP contribution in [0.5, 0.6) is 0 Å². The number of anilines is 1. The SMILES string of the molecule is CC(=O)NCc1ccc(-c2csc(NC(=O)Cn3c(C)csc3=O)n2)o1. The number of hydrogen-bond donors (Lipinski definition) is 2. The highest BCUT2D eigenvalue weighted by atomic mass is 32.1. The average Bonchev–Trinajstić information content (AvgIpc) is 3.30. The first-order chi connectivity index (χ1) is 12.4. The van der Waals surface area contributed by atoms with E-state index in [1.807, 2.05) is 0 Å². The molecule has 0 bridgehead atoms. The zero-order valence-electron chi connectivity index (χ0n) is 14.1. The minimum absolute atomic E-state index is 0.0509. The van der Waals surface area contributed by atoms with Crippen molar-refractivity contribution in [2.75, 3.05) is 5.32 Å². The Hall–Kier alpha value is -2.72. The van der Waals surface area contributed by atoms with E-state index in [-0.39, 0.29) is 23.2 Å². The van der Waals surface area contributed by atoms with Crippen molar-refractivity contribution >= 4 is 39.6 Å². The molecular weight excluding hydrogens is 376 g/mol. The summed E-state index contributed by atoms with van der Waals surface area (Å²) >= 11 is 2.33. The zero-order valence-corrected chi connectivity index (χ0v) is 15.7. The van der Waals surface area contributed by atoms with Gasteiger partial charge in [0.25, 0.3) is 0 Å². The summed E-state index contributed by atoms with van der Waals surface area (Å²) in [7, 11) is 0. The van der Waals surface area contributed by atoms with Crippen LogP contribution in [-0.4, -0.2) is 21.4 Å². The van der Waals surface area contributed by atoms with Gasteiger partial charge in [0, 0.05) is 23.4 Å². The van der Waals surface area contributed by atoms with Gasteiger partial charge in [0.2, 0.25) is 11.8 Å². The van der Waals surface area contributed by atoms with Crippen LogP contribution < -0.4 is 15.5 Å². The van der Waals surface area contributed by atoms with Crippen molar-refractivity contribution in [2.24, 2.45) is 0 Å². The van der Waals surface area contributed by atoms with Crippen LogP contribution in [0.2, 0.25) is 0 Å². The summed E-state index contributed by atoms with van der Waals surface area (Å²) in [6, 6.07) is 3.51. The summed E-state index contributed by atoms with van der Waals surface area (Å²) in [6.45, 7) is 3.47. The summed E-state index contributed by atoms with van der Waals surface area (Å²) in [4.78, 5) is 38.9. The van der Waals surface area contributed by atoms with Crippen LogP contribution >= 0.6 is 22.7 Å². The highest BCUT2D eigenvalue weighted by Gasteiger charge is 2.13. The number of aryl methyl sites for hydroxylation is 1. The summed E-state index contributed by atoms with van der Waals surface area (Å²) < 4.78 is 7.04. The van der Waals surface area contributed by atoms with Crippen molar-refractivity contribution < 1.29 is 14.0 Å². The first-order valence-corrected chi connectivity index (χ1v) is 9.42.